The first-order valence-corrected chi connectivity index (χ1v) is 4.92. The number of halogens is 2. The van der Waals surface area contributed by atoms with Crippen LogP contribution >= 0.6 is 27.5 Å². The van der Waals surface area contributed by atoms with Crippen molar-refractivity contribution >= 4 is 33.2 Å². The fourth-order valence-corrected chi connectivity index (χ4v) is 1.93. The summed E-state index contributed by atoms with van der Waals surface area (Å²) in [6.45, 7) is 0.401. The summed E-state index contributed by atoms with van der Waals surface area (Å²) in [5, 5.41) is 0.628. The SMILES string of the molecule is NCc1nc2c(Cl)cccn2c1Br. The molecule has 0 saturated carbocycles. The molecule has 0 bridgehead atoms. The van der Waals surface area contributed by atoms with Gasteiger partial charge in [0.2, 0.25) is 0 Å². The summed E-state index contributed by atoms with van der Waals surface area (Å²) in [7, 11) is 0. The Morgan fingerprint density at radius 3 is 3.00 bits per heavy atom. The van der Waals surface area contributed by atoms with Gasteiger partial charge in [-0.15, -0.1) is 0 Å². The minimum absolute atomic E-state index is 0.401. The van der Waals surface area contributed by atoms with Crippen molar-refractivity contribution in [3.8, 4) is 0 Å². The molecule has 2 heterocycles. The lowest BCUT2D eigenvalue weighted by Gasteiger charge is -1.95. The van der Waals surface area contributed by atoms with Crippen LogP contribution < -0.4 is 5.73 Å². The molecule has 0 aromatic carbocycles. The van der Waals surface area contributed by atoms with Crippen molar-refractivity contribution < 1.29 is 0 Å². The fourth-order valence-electron chi connectivity index (χ4n) is 1.18. The Kier molecular flexibility index (Phi) is 2.27. The normalized spacial score (nSPS) is 11.0. The van der Waals surface area contributed by atoms with Gasteiger partial charge in [0, 0.05) is 12.7 Å². The van der Waals surface area contributed by atoms with Crippen molar-refractivity contribution in [3.63, 3.8) is 0 Å². The standard InChI is InChI=1S/C8H7BrClN3/c9-7-6(4-11)12-8-5(10)2-1-3-13(7)8/h1-3H,4,11H2. The molecule has 3 nitrogen and oxygen atoms in total. The second-order valence-electron chi connectivity index (χ2n) is 2.60. The number of fused-ring (bicyclic) bond motifs is 1. The third kappa shape index (κ3) is 1.35. The first-order chi connectivity index (χ1) is 6.24. The number of pyridine rings is 1. The third-order valence-corrected chi connectivity index (χ3v) is 2.94. The lowest BCUT2D eigenvalue weighted by Crippen LogP contribution is -1.96. The van der Waals surface area contributed by atoms with Crippen LogP contribution in [0.1, 0.15) is 5.69 Å². The molecule has 0 spiro atoms. The van der Waals surface area contributed by atoms with Crippen LogP contribution in [0.4, 0.5) is 0 Å². The van der Waals surface area contributed by atoms with Crippen LogP contribution in [0.5, 0.6) is 0 Å². The molecule has 2 N–H and O–H groups in total. The predicted octanol–water partition coefficient (Wildman–Crippen LogP) is 2.21. The molecule has 0 aliphatic heterocycles. The Morgan fingerprint density at radius 1 is 1.62 bits per heavy atom. The summed E-state index contributed by atoms with van der Waals surface area (Å²) in [5.41, 5.74) is 7.06. The van der Waals surface area contributed by atoms with E-state index in [4.69, 9.17) is 17.3 Å². The van der Waals surface area contributed by atoms with Crippen LogP contribution in [-0.2, 0) is 6.54 Å². The quantitative estimate of drug-likeness (QED) is 0.854. The van der Waals surface area contributed by atoms with Gasteiger partial charge in [0.05, 0.1) is 10.7 Å². The first kappa shape index (κ1) is 8.99. The van der Waals surface area contributed by atoms with E-state index in [9.17, 15) is 0 Å². The van der Waals surface area contributed by atoms with Gasteiger partial charge in [0.1, 0.15) is 4.60 Å². The fraction of sp³-hybridized carbons (Fsp3) is 0.125. The van der Waals surface area contributed by atoms with E-state index >= 15 is 0 Å². The molecule has 5 heteroatoms. The Labute approximate surface area is 88.6 Å². The molecule has 2 aromatic rings. The molecule has 0 aliphatic rings. The van der Waals surface area contributed by atoms with Gasteiger partial charge in [0.15, 0.2) is 5.65 Å². The molecule has 0 aliphatic carbocycles. The zero-order valence-electron chi connectivity index (χ0n) is 6.67. The number of aromatic nitrogens is 2. The van der Waals surface area contributed by atoms with Crippen LogP contribution in [0, 0.1) is 0 Å². The molecule has 13 heavy (non-hydrogen) atoms. The van der Waals surface area contributed by atoms with Crippen molar-refractivity contribution in [1.29, 1.82) is 0 Å². The molecule has 0 radical (unpaired) electrons. The van der Waals surface area contributed by atoms with Crippen LogP contribution in [0.3, 0.4) is 0 Å². The monoisotopic (exact) mass is 259 g/mol. The molecule has 0 fully saturated rings. The zero-order valence-corrected chi connectivity index (χ0v) is 9.01. The number of hydrogen-bond acceptors (Lipinski definition) is 2. The number of rotatable bonds is 1. The highest BCUT2D eigenvalue weighted by Gasteiger charge is 2.09. The van der Waals surface area contributed by atoms with Crippen LogP contribution in [-0.4, -0.2) is 9.38 Å². The van der Waals surface area contributed by atoms with Gasteiger partial charge in [-0.3, -0.25) is 4.40 Å². The van der Waals surface area contributed by atoms with E-state index in [0.29, 0.717) is 11.6 Å². The number of nitrogens with two attached hydrogens (primary N) is 1. The molecule has 0 atom stereocenters. The molecule has 0 unspecified atom stereocenters. The highest BCUT2D eigenvalue weighted by molar-refractivity contribution is 9.10. The molecular weight excluding hydrogens is 253 g/mol. The van der Waals surface area contributed by atoms with E-state index < -0.39 is 0 Å². The summed E-state index contributed by atoms with van der Waals surface area (Å²) < 4.78 is 2.73. The molecule has 2 aromatic heterocycles. The van der Waals surface area contributed by atoms with Crippen LogP contribution in [0.25, 0.3) is 5.65 Å². The van der Waals surface area contributed by atoms with E-state index in [-0.39, 0.29) is 0 Å². The highest BCUT2D eigenvalue weighted by atomic mass is 79.9. The number of hydrogen-bond donors (Lipinski definition) is 1. The Morgan fingerprint density at radius 2 is 2.38 bits per heavy atom. The predicted molar refractivity (Wildman–Crippen MR) is 55.8 cm³/mol. The van der Waals surface area contributed by atoms with Gasteiger partial charge in [-0.2, -0.15) is 0 Å². The van der Waals surface area contributed by atoms with Gasteiger partial charge in [-0.25, -0.2) is 4.98 Å². The maximum atomic E-state index is 5.95. The molecule has 0 saturated heterocycles. The minimum Gasteiger partial charge on any atom is -0.325 e. The van der Waals surface area contributed by atoms with Crippen LogP contribution in [0.15, 0.2) is 22.9 Å². The average molecular weight is 261 g/mol. The maximum absolute atomic E-state index is 5.95. The van der Waals surface area contributed by atoms with E-state index in [1.54, 1.807) is 6.07 Å². The number of nitrogens with zero attached hydrogens (tertiary/aromatic N) is 2. The van der Waals surface area contributed by atoms with Gasteiger partial charge >= 0.3 is 0 Å². The van der Waals surface area contributed by atoms with E-state index in [1.807, 2.05) is 16.7 Å². The second kappa shape index (κ2) is 3.29. The molecular formula is C8H7BrClN3. The molecule has 68 valence electrons. The Bertz CT molecular complexity index is 452. The third-order valence-electron chi connectivity index (χ3n) is 1.80. The van der Waals surface area contributed by atoms with Gasteiger partial charge in [0.25, 0.3) is 0 Å². The van der Waals surface area contributed by atoms with E-state index in [0.717, 1.165) is 15.9 Å². The van der Waals surface area contributed by atoms with Crippen molar-refractivity contribution in [2.24, 2.45) is 5.73 Å². The highest BCUT2D eigenvalue weighted by Crippen LogP contribution is 2.23. The first-order valence-electron chi connectivity index (χ1n) is 3.75. The summed E-state index contributed by atoms with van der Waals surface area (Å²) in [6.07, 6.45) is 1.89. The maximum Gasteiger partial charge on any atom is 0.156 e. The summed E-state index contributed by atoms with van der Waals surface area (Å²) in [4.78, 5) is 4.29. The molecule has 0 amide bonds. The van der Waals surface area contributed by atoms with Crippen molar-refractivity contribution in [2.45, 2.75) is 6.54 Å². The number of imidazole rings is 1. The minimum atomic E-state index is 0.401. The zero-order chi connectivity index (χ0) is 9.42. The van der Waals surface area contributed by atoms with Gasteiger partial charge in [-0.1, -0.05) is 11.6 Å². The lowest BCUT2D eigenvalue weighted by atomic mass is 10.5. The van der Waals surface area contributed by atoms with Gasteiger partial charge in [-0.05, 0) is 28.1 Å². The summed E-state index contributed by atoms with van der Waals surface area (Å²) in [5.74, 6) is 0. The Hall–Kier alpha value is -0.580. The summed E-state index contributed by atoms with van der Waals surface area (Å²) >= 11 is 9.36. The Balaban J connectivity index is 2.83. The average Bonchev–Trinajstić information content (AvgIpc) is 2.45. The lowest BCUT2D eigenvalue weighted by molar-refractivity contribution is 1.00. The largest absolute Gasteiger partial charge is 0.325 e. The van der Waals surface area contributed by atoms with Gasteiger partial charge < -0.3 is 5.73 Å². The van der Waals surface area contributed by atoms with Crippen molar-refractivity contribution in [3.05, 3.63) is 33.6 Å². The van der Waals surface area contributed by atoms with Crippen molar-refractivity contribution in [2.75, 3.05) is 0 Å². The smallest absolute Gasteiger partial charge is 0.156 e. The van der Waals surface area contributed by atoms with E-state index in [1.165, 1.54) is 0 Å². The van der Waals surface area contributed by atoms with Crippen LogP contribution in [0.2, 0.25) is 5.02 Å². The summed E-state index contributed by atoms with van der Waals surface area (Å²) in [6, 6.07) is 3.67. The van der Waals surface area contributed by atoms with E-state index in [2.05, 4.69) is 20.9 Å². The topological polar surface area (TPSA) is 43.3 Å². The second-order valence-corrected chi connectivity index (χ2v) is 3.76. The molecule has 2 rings (SSSR count). The van der Waals surface area contributed by atoms with Crippen molar-refractivity contribution in [1.82, 2.24) is 9.38 Å².